The van der Waals surface area contributed by atoms with Crippen LogP contribution in [0.25, 0.3) is 0 Å². The molecule has 2 aliphatic heterocycles. The highest BCUT2D eigenvalue weighted by atomic mass is 35.5. The Morgan fingerprint density at radius 3 is 2.37 bits per heavy atom. The van der Waals surface area contributed by atoms with Crippen molar-refractivity contribution in [2.45, 2.75) is 25.7 Å². The average molecular weight is 312 g/mol. The third kappa shape index (κ3) is 5.10. The first-order chi connectivity index (χ1) is 8.20. The molecule has 0 aliphatic carbocycles. The van der Waals surface area contributed by atoms with Gasteiger partial charge in [-0.1, -0.05) is 0 Å². The van der Waals surface area contributed by atoms with Crippen molar-refractivity contribution >= 4 is 30.7 Å². The summed E-state index contributed by atoms with van der Waals surface area (Å²) in [6, 6.07) is 0. The molecule has 6 heteroatoms. The number of amides is 1. The molecule has 0 aromatic heterocycles. The zero-order chi connectivity index (χ0) is 12.3. The Morgan fingerprint density at radius 2 is 1.79 bits per heavy atom. The van der Waals surface area contributed by atoms with Crippen molar-refractivity contribution in [2.75, 3.05) is 39.8 Å². The SMILES string of the molecule is CN1CCC(C(=O)N2CCC[C@H](CN)C2)CC1.Cl.Cl. The molecule has 0 aromatic carbocycles. The fourth-order valence-corrected chi connectivity index (χ4v) is 2.97. The van der Waals surface area contributed by atoms with Crippen LogP contribution >= 0.6 is 24.8 Å². The minimum Gasteiger partial charge on any atom is -0.342 e. The quantitative estimate of drug-likeness (QED) is 0.838. The lowest BCUT2D eigenvalue weighted by Crippen LogP contribution is -2.46. The number of nitrogens with zero attached hydrogens (tertiary/aromatic N) is 2. The number of carbonyl (C=O) groups is 1. The molecule has 114 valence electrons. The molecule has 2 saturated heterocycles. The Bertz CT molecular complexity index is 271. The van der Waals surface area contributed by atoms with Crippen molar-refractivity contribution in [3.63, 3.8) is 0 Å². The van der Waals surface area contributed by atoms with Gasteiger partial charge < -0.3 is 15.5 Å². The first-order valence-electron chi connectivity index (χ1n) is 6.88. The van der Waals surface area contributed by atoms with Gasteiger partial charge >= 0.3 is 0 Å². The summed E-state index contributed by atoms with van der Waals surface area (Å²) in [7, 11) is 2.13. The van der Waals surface area contributed by atoms with Crippen LogP contribution in [0, 0.1) is 11.8 Å². The van der Waals surface area contributed by atoms with E-state index in [1.165, 1.54) is 6.42 Å². The normalized spacial score (nSPS) is 25.4. The standard InChI is InChI=1S/C13H25N3O.2ClH/c1-15-7-4-12(5-8-15)13(17)16-6-2-3-11(9-14)10-16;;/h11-12H,2-10,14H2,1H3;2*1H/t11-;;/m1../s1. The minimum atomic E-state index is 0. The van der Waals surface area contributed by atoms with Gasteiger partial charge in [-0.15, -0.1) is 24.8 Å². The number of hydrogen-bond acceptors (Lipinski definition) is 3. The summed E-state index contributed by atoms with van der Waals surface area (Å²) in [5.41, 5.74) is 5.72. The first kappa shape index (κ1) is 19.0. The summed E-state index contributed by atoms with van der Waals surface area (Å²) in [5, 5.41) is 0. The molecule has 1 amide bonds. The van der Waals surface area contributed by atoms with E-state index in [-0.39, 0.29) is 30.7 Å². The Balaban J connectivity index is 0.00000162. The number of halogens is 2. The largest absolute Gasteiger partial charge is 0.342 e. The molecule has 2 rings (SSSR count). The van der Waals surface area contributed by atoms with Crippen LogP contribution < -0.4 is 5.73 Å². The maximum absolute atomic E-state index is 12.4. The van der Waals surface area contributed by atoms with E-state index in [4.69, 9.17) is 5.73 Å². The van der Waals surface area contributed by atoms with E-state index < -0.39 is 0 Å². The highest BCUT2D eigenvalue weighted by Gasteiger charge is 2.30. The van der Waals surface area contributed by atoms with Gasteiger partial charge in [0.2, 0.25) is 5.91 Å². The number of likely N-dealkylation sites (tertiary alicyclic amines) is 2. The fraction of sp³-hybridized carbons (Fsp3) is 0.923. The van der Waals surface area contributed by atoms with Crippen molar-refractivity contribution < 1.29 is 4.79 Å². The van der Waals surface area contributed by atoms with Crippen LogP contribution in [-0.4, -0.2) is 55.5 Å². The molecule has 0 aromatic rings. The molecule has 1 atom stereocenters. The van der Waals surface area contributed by atoms with Gasteiger partial charge in [0.25, 0.3) is 0 Å². The van der Waals surface area contributed by atoms with E-state index in [1.54, 1.807) is 0 Å². The van der Waals surface area contributed by atoms with E-state index in [2.05, 4.69) is 16.8 Å². The van der Waals surface area contributed by atoms with Crippen molar-refractivity contribution in [1.29, 1.82) is 0 Å². The maximum atomic E-state index is 12.4. The number of carbonyl (C=O) groups excluding carboxylic acids is 1. The molecule has 2 N–H and O–H groups in total. The van der Waals surface area contributed by atoms with E-state index in [0.717, 1.165) is 52.0 Å². The van der Waals surface area contributed by atoms with Crippen LogP contribution in [-0.2, 0) is 4.79 Å². The van der Waals surface area contributed by atoms with Crippen LogP contribution in [0.2, 0.25) is 0 Å². The Kier molecular flexibility index (Phi) is 8.99. The molecule has 2 aliphatic rings. The van der Waals surface area contributed by atoms with Gasteiger partial charge in [-0.2, -0.15) is 0 Å². The van der Waals surface area contributed by atoms with Gasteiger partial charge in [-0.05, 0) is 58.3 Å². The number of hydrogen-bond donors (Lipinski definition) is 1. The lowest BCUT2D eigenvalue weighted by atomic mass is 9.92. The molecule has 2 heterocycles. The van der Waals surface area contributed by atoms with Crippen LogP contribution in [0.1, 0.15) is 25.7 Å². The highest BCUT2D eigenvalue weighted by molar-refractivity contribution is 5.85. The van der Waals surface area contributed by atoms with E-state index >= 15 is 0 Å². The molecular formula is C13H27Cl2N3O. The van der Waals surface area contributed by atoms with Crippen LogP contribution in [0.15, 0.2) is 0 Å². The molecule has 2 fully saturated rings. The second-order valence-corrected chi connectivity index (χ2v) is 5.61. The van der Waals surface area contributed by atoms with Crippen molar-refractivity contribution in [2.24, 2.45) is 17.6 Å². The van der Waals surface area contributed by atoms with Gasteiger partial charge in [-0.25, -0.2) is 0 Å². The van der Waals surface area contributed by atoms with Gasteiger partial charge in [0.05, 0.1) is 0 Å². The third-order valence-corrected chi connectivity index (χ3v) is 4.23. The zero-order valence-electron chi connectivity index (χ0n) is 11.7. The Labute approximate surface area is 128 Å². The fourth-order valence-electron chi connectivity index (χ4n) is 2.97. The lowest BCUT2D eigenvalue weighted by Gasteiger charge is -2.36. The number of rotatable bonds is 2. The summed E-state index contributed by atoms with van der Waals surface area (Å²) in [4.78, 5) is 16.8. The molecule has 19 heavy (non-hydrogen) atoms. The van der Waals surface area contributed by atoms with E-state index in [0.29, 0.717) is 11.8 Å². The van der Waals surface area contributed by atoms with E-state index in [1.807, 2.05) is 0 Å². The summed E-state index contributed by atoms with van der Waals surface area (Å²) in [5.74, 6) is 1.18. The van der Waals surface area contributed by atoms with Gasteiger partial charge in [-0.3, -0.25) is 4.79 Å². The van der Waals surface area contributed by atoms with Gasteiger partial charge in [0.1, 0.15) is 0 Å². The highest BCUT2D eigenvalue weighted by Crippen LogP contribution is 2.22. The molecule has 0 radical (unpaired) electrons. The molecular weight excluding hydrogens is 285 g/mol. The smallest absolute Gasteiger partial charge is 0.225 e. The predicted molar refractivity (Wildman–Crippen MR) is 83.1 cm³/mol. The monoisotopic (exact) mass is 311 g/mol. The molecule has 0 unspecified atom stereocenters. The van der Waals surface area contributed by atoms with Crippen molar-refractivity contribution in [3.8, 4) is 0 Å². The Hall–Kier alpha value is -0.0300. The molecule has 0 spiro atoms. The Morgan fingerprint density at radius 1 is 1.16 bits per heavy atom. The molecule has 0 saturated carbocycles. The first-order valence-corrected chi connectivity index (χ1v) is 6.88. The summed E-state index contributed by atoms with van der Waals surface area (Å²) < 4.78 is 0. The number of piperidine rings is 2. The summed E-state index contributed by atoms with van der Waals surface area (Å²) >= 11 is 0. The topological polar surface area (TPSA) is 49.6 Å². The minimum absolute atomic E-state index is 0. The second kappa shape index (κ2) is 9.01. The lowest BCUT2D eigenvalue weighted by molar-refractivity contribution is -0.138. The summed E-state index contributed by atoms with van der Waals surface area (Å²) in [6.45, 7) is 4.68. The number of nitrogens with two attached hydrogens (primary N) is 1. The predicted octanol–water partition coefficient (Wildman–Crippen LogP) is 1.37. The van der Waals surface area contributed by atoms with Crippen LogP contribution in [0.5, 0.6) is 0 Å². The van der Waals surface area contributed by atoms with Crippen LogP contribution in [0.3, 0.4) is 0 Å². The van der Waals surface area contributed by atoms with E-state index in [9.17, 15) is 4.79 Å². The molecule has 4 nitrogen and oxygen atoms in total. The third-order valence-electron chi connectivity index (χ3n) is 4.23. The van der Waals surface area contributed by atoms with Crippen molar-refractivity contribution in [3.05, 3.63) is 0 Å². The zero-order valence-corrected chi connectivity index (χ0v) is 13.3. The average Bonchev–Trinajstić information content (AvgIpc) is 2.39. The van der Waals surface area contributed by atoms with Gasteiger partial charge in [0, 0.05) is 19.0 Å². The molecule has 0 bridgehead atoms. The summed E-state index contributed by atoms with van der Waals surface area (Å²) in [6.07, 6.45) is 4.37. The van der Waals surface area contributed by atoms with Crippen molar-refractivity contribution in [1.82, 2.24) is 9.80 Å². The van der Waals surface area contributed by atoms with Crippen LogP contribution in [0.4, 0.5) is 0 Å². The maximum Gasteiger partial charge on any atom is 0.225 e. The second-order valence-electron chi connectivity index (χ2n) is 5.61. The van der Waals surface area contributed by atoms with Gasteiger partial charge in [0.15, 0.2) is 0 Å².